The summed E-state index contributed by atoms with van der Waals surface area (Å²) in [6.07, 6.45) is 2.26. The number of amides is 3. The van der Waals surface area contributed by atoms with Crippen LogP contribution in [0.25, 0.3) is 0 Å². The maximum absolute atomic E-state index is 13.9. The highest BCUT2D eigenvalue weighted by Crippen LogP contribution is 2.33. The zero-order valence-electron chi connectivity index (χ0n) is 25.9. The maximum Gasteiger partial charge on any atom is 0.358 e. The number of phenolic OH excluding ortho intramolecular Hbond substituents is 1. The molecule has 4 atom stereocenters. The van der Waals surface area contributed by atoms with Crippen molar-refractivity contribution in [3.63, 3.8) is 0 Å². The summed E-state index contributed by atoms with van der Waals surface area (Å²) in [7, 11) is 0. The summed E-state index contributed by atoms with van der Waals surface area (Å²) >= 11 is 0. The van der Waals surface area contributed by atoms with Crippen molar-refractivity contribution >= 4 is 29.7 Å². The molecule has 15 nitrogen and oxygen atoms in total. The number of nitrogens with zero attached hydrogens (tertiary/aromatic N) is 3. The summed E-state index contributed by atoms with van der Waals surface area (Å²) in [5.41, 5.74) is 17.2. The molecule has 0 bridgehead atoms. The van der Waals surface area contributed by atoms with Gasteiger partial charge in [0.15, 0.2) is 11.7 Å². The number of oxazole rings is 1. The lowest BCUT2D eigenvalue weighted by molar-refractivity contribution is -0.139. The van der Waals surface area contributed by atoms with Crippen LogP contribution in [-0.4, -0.2) is 81.0 Å². The van der Waals surface area contributed by atoms with E-state index in [0.717, 1.165) is 0 Å². The summed E-state index contributed by atoms with van der Waals surface area (Å²) < 4.78 is 5.64. The Kier molecular flexibility index (Phi) is 12.3. The molecule has 0 radical (unpaired) electrons. The Labute approximate surface area is 261 Å². The lowest BCUT2D eigenvalue weighted by Crippen LogP contribution is -2.57. The lowest BCUT2D eigenvalue weighted by atomic mass is 10.00. The van der Waals surface area contributed by atoms with E-state index in [4.69, 9.17) is 21.6 Å². The molecular formula is C30H44N8O7. The molecule has 1 fully saturated rings. The van der Waals surface area contributed by atoms with Gasteiger partial charge in [0, 0.05) is 19.5 Å². The predicted octanol–water partition coefficient (Wildman–Crippen LogP) is 0.690. The Bertz CT molecular complexity index is 1370. The van der Waals surface area contributed by atoms with Crippen LogP contribution in [0.1, 0.15) is 79.7 Å². The van der Waals surface area contributed by atoms with E-state index in [1.165, 1.54) is 19.1 Å². The van der Waals surface area contributed by atoms with Gasteiger partial charge in [0.25, 0.3) is 0 Å². The number of aromatic carboxylic acids is 1. The van der Waals surface area contributed by atoms with Crippen LogP contribution in [0, 0.1) is 12.8 Å². The molecule has 2 heterocycles. The first-order valence-electron chi connectivity index (χ1n) is 15.0. The second-order valence-electron chi connectivity index (χ2n) is 11.6. The molecule has 0 unspecified atom stereocenters. The van der Waals surface area contributed by atoms with Crippen molar-refractivity contribution in [3.8, 4) is 5.75 Å². The molecule has 1 aliphatic rings. The van der Waals surface area contributed by atoms with Gasteiger partial charge in [0.2, 0.25) is 23.6 Å². The molecule has 0 aliphatic carbocycles. The summed E-state index contributed by atoms with van der Waals surface area (Å²) in [5.74, 6) is -2.44. The van der Waals surface area contributed by atoms with Crippen molar-refractivity contribution < 1.29 is 33.8 Å². The molecule has 0 saturated carbocycles. The first-order chi connectivity index (χ1) is 21.3. The first-order valence-corrected chi connectivity index (χ1v) is 15.0. The van der Waals surface area contributed by atoms with Crippen molar-refractivity contribution in [1.29, 1.82) is 0 Å². The van der Waals surface area contributed by atoms with Gasteiger partial charge in [-0.2, -0.15) is 0 Å². The number of hydrogen-bond donors (Lipinski definition) is 7. The third-order valence-electron chi connectivity index (χ3n) is 7.47. The van der Waals surface area contributed by atoms with E-state index in [0.29, 0.717) is 44.3 Å². The Morgan fingerprint density at radius 2 is 1.78 bits per heavy atom. The van der Waals surface area contributed by atoms with Gasteiger partial charge in [-0.1, -0.05) is 26.0 Å². The van der Waals surface area contributed by atoms with Crippen LogP contribution in [0.4, 0.5) is 0 Å². The van der Waals surface area contributed by atoms with Crippen molar-refractivity contribution in [2.45, 2.75) is 83.5 Å². The molecule has 0 spiro atoms. The number of aliphatic imine (C=N–C) groups is 1. The van der Waals surface area contributed by atoms with Crippen LogP contribution in [0.5, 0.6) is 5.75 Å². The maximum atomic E-state index is 13.9. The fourth-order valence-electron chi connectivity index (χ4n) is 5.22. The van der Waals surface area contributed by atoms with Gasteiger partial charge in [0.1, 0.15) is 29.6 Å². The highest BCUT2D eigenvalue weighted by atomic mass is 16.4. The number of nitrogens with one attached hydrogen (secondary N) is 2. The van der Waals surface area contributed by atoms with Crippen molar-refractivity contribution in [3.05, 3.63) is 47.2 Å². The van der Waals surface area contributed by atoms with Gasteiger partial charge in [-0.15, -0.1) is 0 Å². The van der Waals surface area contributed by atoms with E-state index in [1.807, 2.05) is 13.8 Å². The predicted molar refractivity (Wildman–Crippen MR) is 165 cm³/mol. The van der Waals surface area contributed by atoms with Crippen LogP contribution in [0.15, 0.2) is 33.7 Å². The largest absolute Gasteiger partial charge is 0.508 e. The average molecular weight is 629 g/mol. The van der Waals surface area contributed by atoms with E-state index >= 15 is 0 Å². The second kappa shape index (κ2) is 15.9. The number of carboxylic acid groups (broad SMARTS) is 1. The minimum Gasteiger partial charge on any atom is -0.508 e. The number of guanidine groups is 1. The summed E-state index contributed by atoms with van der Waals surface area (Å²) in [5, 5.41) is 24.7. The molecule has 1 aromatic carbocycles. The Hall–Kier alpha value is -4.66. The molecule has 1 aromatic heterocycles. The Morgan fingerprint density at radius 1 is 1.11 bits per heavy atom. The van der Waals surface area contributed by atoms with E-state index in [2.05, 4.69) is 20.6 Å². The van der Waals surface area contributed by atoms with Crippen LogP contribution in [0.3, 0.4) is 0 Å². The summed E-state index contributed by atoms with van der Waals surface area (Å²) in [4.78, 5) is 61.8. The van der Waals surface area contributed by atoms with Gasteiger partial charge in [0.05, 0.1) is 6.04 Å². The quantitative estimate of drug-likeness (QED) is 0.0820. The number of phenols is 1. The third kappa shape index (κ3) is 9.93. The number of aryl methyl sites for hydroxylation is 1. The van der Waals surface area contributed by atoms with Crippen LogP contribution < -0.4 is 27.8 Å². The van der Waals surface area contributed by atoms with Crippen LogP contribution in [-0.2, 0) is 20.8 Å². The minimum absolute atomic E-state index is 0.0201. The monoisotopic (exact) mass is 628 g/mol. The molecule has 10 N–H and O–H groups in total. The molecule has 246 valence electrons. The fourth-order valence-corrected chi connectivity index (χ4v) is 5.22. The van der Waals surface area contributed by atoms with E-state index in [-0.39, 0.29) is 53.7 Å². The van der Waals surface area contributed by atoms with Gasteiger partial charge in [-0.25, -0.2) is 9.78 Å². The third-order valence-corrected chi connectivity index (χ3v) is 7.47. The molecule has 3 rings (SSSR count). The number of carboxylic acids is 1. The topological polar surface area (TPSA) is 252 Å². The van der Waals surface area contributed by atoms with Gasteiger partial charge >= 0.3 is 5.97 Å². The normalized spacial score (nSPS) is 16.6. The molecule has 1 saturated heterocycles. The van der Waals surface area contributed by atoms with Gasteiger partial charge < -0.3 is 47.4 Å². The first kappa shape index (κ1) is 34.8. The Morgan fingerprint density at radius 3 is 2.38 bits per heavy atom. The molecule has 15 heteroatoms. The average Bonchev–Trinajstić information content (AvgIpc) is 3.61. The number of nitrogens with two attached hydrogens (primary N) is 3. The van der Waals surface area contributed by atoms with E-state index < -0.39 is 42.0 Å². The Balaban J connectivity index is 1.80. The second-order valence-corrected chi connectivity index (χ2v) is 11.6. The summed E-state index contributed by atoms with van der Waals surface area (Å²) in [6, 6.07) is 2.66. The fraction of sp³-hybridized carbons (Fsp3) is 0.533. The number of likely N-dealkylation sites (tertiary alicyclic amines) is 1. The van der Waals surface area contributed by atoms with Gasteiger partial charge in [-0.05, 0) is 62.6 Å². The number of aromatic nitrogens is 1. The zero-order chi connectivity index (χ0) is 33.3. The van der Waals surface area contributed by atoms with Crippen molar-refractivity contribution in [2.24, 2.45) is 28.1 Å². The number of carbonyl (C=O) groups is 4. The lowest BCUT2D eigenvalue weighted by Gasteiger charge is -2.30. The molecule has 3 amide bonds. The molecule has 2 aromatic rings. The van der Waals surface area contributed by atoms with E-state index in [9.17, 15) is 29.4 Å². The SMILES string of the molecule is Cc1oc([C@@H]2CCCN2C(=O)[C@H](CC(C)C)NC(=O)[C@H](Cc2ccc(O)cc2)NC(=O)[C@@H](N)CCCN=C(N)N)nc1C(=O)O. The summed E-state index contributed by atoms with van der Waals surface area (Å²) in [6.45, 7) is 6.01. The number of benzene rings is 1. The minimum atomic E-state index is -1.22. The van der Waals surface area contributed by atoms with Crippen LogP contribution >= 0.6 is 0 Å². The molecular weight excluding hydrogens is 584 g/mol. The highest BCUT2D eigenvalue weighted by Gasteiger charge is 2.39. The highest BCUT2D eigenvalue weighted by molar-refractivity contribution is 5.93. The standard InChI is InChI=1S/C30H44N8O7/c1-16(2)14-22(28(42)38-13-5-7-23(38)27-37-24(29(43)44)17(3)45-27)36-26(41)21(15-18-8-10-19(39)11-9-18)35-25(40)20(31)6-4-12-34-30(32)33/h8-11,16,20-23,39H,4-7,12-15,31H2,1-3H3,(H,35,40)(H,36,41)(H,43,44)(H4,32,33,34)/t20-,21-,22-,23-/m0/s1. The van der Waals surface area contributed by atoms with Crippen molar-refractivity contribution in [1.82, 2.24) is 20.5 Å². The molecule has 45 heavy (non-hydrogen) atoms. The van der Waals surface area contributed by atoms with Crippen molar-refractivity contribution in [2.75, 3.05) is 13.1 Å². The number of hydrogen-bond acceptors (Lipinski definition) is 9. The van der Waals surface area contributed by atoms with E-state index in [1.54, 1.807) is 17.0 Å². The van der Waals surface area contributed by atoms with Crippen LogP contribution in [0.2, 0.25) is 0 Å². The zero-order valence-corrected chi connectivity index (χ0v) is 25.9. The number of carbonyl (C=O) groups excluding carboxylic acids is 3. The molecule has 1 aliphatic heterocycles. The smallest absolute Gasteiger partial charge is 0.358 e. The number of rotatable bonds is 15. The van der Waals surface area contributed by atoms with Gasteiger partial charge in [-0.3, -0.25) is 19.4 Å². The number of aromatic hydroxyl groups is 1.